The number of hydrogen-bond donors (Lipinski definition) is 1. The molecule has 1 aliphatic rings. The van der Waals surface area contributed by atoms with E-state index in [0.717, 1.165) is 29.1 Å². The van der Waals surface area contributed by atoms with Crippen LogP contribution in [0.3, 0.4) is 0 Å². The minimum absolute atomic E-state index is 0.0224. The lowest BCUT2D eigenvalue weighted by Crippen LogP contribution is -2.54. The third-order valence-corrected chi connectivity index (χ3v) is 5.93. The molecule has 0 fully saturated rings. The summed E-state index contributed by atoms with van der Waals surface area (Å²) in [6.45, 7) is 5.58. The number of aromatic nitrogens is 4. The molecule has 0 saturated carbocycles. The molecule has 1 atom stereocenters. The predicted octanol–water partition coefficient (Wildman–Crippen LogP) is 2.59. The van der Waals surface area contributed by atoms with E-state index in [1.807, 2.05) is 35.8 Å². The van der Waals surface area contributed by atoms with Gasteiger partial charge in [0.25, 0.3) is 0 Å². The van der Waals surface area contributed by atoms with Gasteiger partial charge in [0.15, 0.2) is 5.82 Å². The highest BCUT2D eigenvalue weighted by Crippen LogP contribution is 2.34. The van der Waals surface area contributed by atoms with Gasteiger partial charge in [0.1, 0.15) is 23.4 Å². The lowest BCUT2D eigenvalue weighted by molar-refractivity contribution is -0.120. The molecule has 0 unspecified atom stereocenters. The van der Waals surface area contributed by atoms with Crippen molar-refractivity contribution in [2.24, 2.45) is 0 Å². The largest absolute Gasteiger partial charge is 0.396 e. The molecule has 1 aliphatic heterocycles. The lowest BCUT2D eigenvalue weighted by Gasteiger charge is -2.41. The second kappa shape index (κ2) is 10.1. The number of carbonyl (C=O) groups is 1. The van der Waals surface area contributed by atoms with Crippen LogP contribution in [0.5, 0.6) is 0 Å². The topological polar surface area (TPSA) is 87.4 Å². The number of halogens is 1. The van der Waals surface area contributed by atoms with Crippen molar-refractivity contribution in [1.82, 2.24) is 19.7 Å². The van der Waals surface area contributed by atoms with Gasteiger partial charge >= 0.3 is 0 Å². The molecule has 174 valence electrons. The number of aliphatic hydroxyl groups excluding tert-OH is 1. The Morgan fingerprint density at radius 2 is 1.85 bits per heavy atom. The first-order valence-electron chi connectivity index (χ1n) is 11.3. The Bertz CT molecular complexity index is 1100. The molecule has 8 nitrogen and oxygen atoms in total. The summed E-state index contributed by atoms with van der Waals surface area (Å²) < 4.78 is 14.9. The molecule has 0 bridgehead atoms. The Kier molecular flexibility index (Phi) is 6.98. The summed E-state index contributed by atoms with van der Waals surface area (Å²) in [6, 6.07) is 5.99. The zero-order chi connectivity index (χ0) is 23.4. The molecule has 1 N–H and O–H groups in total. The molecule has 33 heavy (non-hydrogen) atoms. The van der Waals surface area contributed by atoms with E-state index >= 15 is 0 Å². The van der Waals surface area contributed by atoms with Crippen LogP contribution in [0.2, 0.25) is 0 Å². The van der Waals surface area contributed by atoms with Crippen molar-refractivity contribution in [1.29, 1.82) is 0 Å². The maximum atomic E-state index is 13.1. The van der Waals surface area contributed by atoms with Gasteiger partial charge in [-0.3, -0.25) is 9.48 Å². The Morgan fingerprint density at radius 3 is 2.55 bits per heavy atom. The van der Waals surface area contributed by atoms with Crippen LogP contribution in [-0.4, -0.2) is 56.5 Å². The van der Waals surface area contributed by atoms with Gasteiger partial charge in [-0.2, -0.15) is 5.10 Å². The summed E-state index contributed by atoms with van der Waals surface area (Å²) in [5.74, 6) is 1.17. The standard InChI is InChI=1S/C24H29FN6O2/c1-3-30-20(11-12-32)24(33)31(4-2)21-14-26-22(28-23(21)30)10-7-18-13-27-29(16-18)15-17-5-8-19(25)9-6-17/h5-6,8-9,13-14,16,20,32H,3-4,7,10-12,15H2,1-2H3/t20-/m0/s1. The van der Waals surface area contributed by atoms with E-state index in [1.54, 1.807) is 23.2 Å². The minimum atomic E-state index is -0.417. The third-order valence-electron chi connectivity index (χ3n) is 5.93. The van der Waals surface area contributed by atoms with Crippen molar-refractivity contribution in [2.75, 3.05) is 29.5 Å². The average molecular weight is 453 g/mol. The third kappa shape index (κ3) is 4.88. The molecular weight excluding hydrogens is 423 g/mol. The second-order valence-electron chi connectivity index (χ2n) is 8.06. The van der Waals surface area contributed by atoms with Gasteiger partial charge in [0.05, 0.1) is 18.9 Å². The SMILES string of the molecule is CCN1C(=O)[C@H](CCO)N(CC)c2nc(CCc3cnn(Cc4ccc(F)cc4)c3)ncc21. The first-order chi connectivity index (χ1) is 16.0. The Morgan fingerprint density at radius 1 is 1.06 bits per heavy atom. The van der Waals surface area contributed by atoms with Crippen molar-refractivity contribution >= 4 is 17.4 Å². The van der Waals surface area contributed by atoms with Crippen LogP contribution < -0.4 is 9.80 Å². The maximum absolute atomic E-state index is 13.1. The summed E-state index contributed by atoms with van der Waals surface area (Å²) in [4.78, 5) is 25.9. The highest BCUT2D eigenvalue weighted by Gasteiger charge is 2.37. The highest BCUT2D eigenvalue weighted by molar-refractivity contribution is 6.04. The lowest BCUT2D eigenvalue weighted by atomic mass is 10.1. The molecule has 9 heteroatoms. The molecular formula is C24H29FN6O2. The number of rotatable bonds is 9. The minimum Gasteiger partial charge on any atom is -0.396 e. The smallest absolute Gasteiger partial charge is 0.249 e. The quantitative estimate of drug-likeness (QED) is 0.537. The van der Waals surface area contributed by atoms with Crippen LogP contribution in [0.1, 0.15) is 37.2 Å². The molecule has 0 saturated heterocycles. The van der Waals surface area contributed by atoms with Crippen LogP contribution >= 0.6 is 0 Å². The number of likely N-dealkylation sites (N-methyl/N-ethyl adjacent to an activating group) is 2. The van der Waals surface area contributed by atoms with Crippen molar-refractivity contribution in [2.45, 2.75) is 45.7 Å². The van der Waals surface area contributed by atoms with Gasteiger partial charge in [-0.05, 0) is 49.9 Å². The Labute approximate surface area is 192 Å². The number of fused-ring (bicyclic) bond motifs is 1. The fraction of sp³-hybridized carbons (Fsp3) is 0.417. The van der Waals surface area contributed by atoms with Gasteiger partial charge in [-0.15, -0.1) is 0 Å². The zero-order valence-corrected chi connectivity index (χ0v) is 19.0. The van der Waals surface area contributed by atoms with E-state index < -0.39 is 6.04 Å². The van der Waals surface area contributed by atoms with Gasteiger partial charge < -0.3 is 14.9 Å². The van der Waals surface area contributed by atoms with Gasteiger partial charge in [0, 0.05) is 32.3 Å². The van der Waals surface area contributed by atoms with Crippen LogP contribution in [0.15, 0.2) is 42.9 Å². The number of anilines is 2. The first-order valence-corrected chi connectivity index (χ1v) is 11.3. The molecule has 1 aromatic carbocycles. The second-order valence-corrected chi connectivity index (χ2v) is 8.06. The first kappa shape index (κ1) is 22.8. The van der Waals surface area contributed by atoms with Crippen molar-refractivity contribution in [3.05, 3.63) is 65.6 Å². The Hall–Kier alpha value is -3.33. The van der Waals surface area contributed by atoms with E-state index in [2.05, 4.69) is 10.1 Å². The van der Waals surface area contributed by atoms with Gasteiger partial charge in [0.2, 0.25) is 5.91 Å². The van der Waals surface area contributed by atoms with Crippen molar-refractivity contribution in [3.8, 4) is 0 Å². The fourth-order valence-electron chi connectivity index (χ4n) is 4.26. The molecule has 0 spiro atoms. The fourth-order valence-corrected chi connectivity index (χ4v) is 4.26. The number of aliphatic hydroxyl groups is 1. The number of carbonyl (C=O) groups excluding carboxylic acids is 1. The van der Waals surface area contributed by atoms with E-state index in [0.29, 0.717) is 38.3 Å². The van der Waals surface area contributed by atoms with Gasteiger partial charge in [-0.25, -0.2) is 14.4 Å². The van der Waals surface area contributed by atoms with E-state index in [-0.39, 0.29) is 18.3 Å². The summed E-state index contributed by atoms with van der Waals surface area (Å²) in [5.41, 5.74) is 2.76. The van der Waals surface area contributed by atoms with Crippen molar-refractivity contribution < 1.29 is 14.3 Å². The normalized spacial score (nSPS) is 15.8. The zero-order valence-electron chi connectivity index (χ0n) is 19.0. The summed E-state index contributed by atoms with van der Waals surface area (Å²) >= 11 is 0. The number of hydrogen-bond acceptors (Lipinski definition) is 6. The van der Waals surface area contributed by atoms with Crippen LogP contribution in [0, 0.1) is 5.82 Å². The monoisotopic (exact) mass is 452 g/mol. The summed E-state index contributed by atoms with van der Waals surface area (Å²) in [6.07, 6.45) is 7.27. The average Bonchev–Trinajstić information content (AvgIpc) is 3.27. The number of aryl methyl sites for hydroxylation is 2. The van der Waals surface area contributed by atoms with Crippen LogP contribution in [0.4, 0.5) is 15.9 Å². The number of benzene rings is 1. The van der Waals surface area contributed by atoms with Gasteiger partial charge in [-0.1, -0.05) is 12.1 Å². The van der Waals surface area contributed by atoms with Crippen LogP contribution in [0.25, 0.3) is 0 Å². The predicted molar refractivity (Wildman–Crippen MR) is 124 cm³/mol. The van der Waals surface area contributed by atoms with E-state index in [1.165, 1.54) is 12.1 Å². The maximum Gasteiger partial charge on any atom is 0.249 e. The number of amides is 1. The summed E-state index contributed by atoms with van der Waals surface area (Å²) in [5, 5.41) is 13.9. The Balaban J connectivity index is 1.48. The molecule has 3 aromatic rings. The summed E-state index contributed by atoms with van der Waals surface area (Å²) in [7, 11) is 0. The molecule has 4 rings (SSSR count). The molecule has 0 aliphatic carbocycles. The highest BCUT2D eigenvalue weighted by atomic mass is 19.1. The van der Waals surface area contributed by atoms with Crippen molar-refractivity contribution in [3.63, 3.8) is 0 Å². The van der Waals surface area contributed by atoms with E-state index in [4.69, 9.17) is 4.98 Å². The number of nitrogens with zero attached hydrogens (tertiary/aromatic N) is 6. The van der Waals surface area contributed by atoms with E-state index in [9.17, 15) is 14.3 Å². The molecule has 0 radical (unpaired) electrons. The molecule has 3 heterocycles. The molecule has 2 aromatic heterocycles. The molecule has 1 amide bonds. The van der Waals surface area contributed by atoms with Crippen LogP contribution in [-0.2, 0) is 24.2 Å².